The van der Waals surface area contributed by atoms with Crippen molar-refractivity contribution in [3.05, 3.63) is 18.5 Å². The van der Waals surface area contributed by atoms with Gasteiger partial charge in [-0.3, -0.25) is 9.48 Å². The SMILES string of the molecule is CC(C)NC(=O)C(C)NCC(O)Cn1cccn1. The van der Waals surface area contributed by atoms with Crippen LogP contribution in [0.5, 0.6) is 0 Å². The average molecular weight is 254 g/mol. The second kappa shape index (κ2) is 7.13. The van der Waals surface area contributed by atoms with E-state index in [1.54, 1.807) is 30.1 Å². The topological polar surface area (TPSA) is 79.2 Å². The molecule has 6 nitrogen and oxygen atoms in total. The molecule has 6 heteroatoms. The summed E-state index contributed by atoms with van der Waals surface area (Å²) in [5, 5.41) is 19.6. The number of carbonyl (C=O) groups is 1. The van der Waals surface area contributed by atoms with E-state index in [9.17, 15) is 9.90 Å². The van der Waals surface area contributed by atoms with Gasteiger partial charge in [-0.15, -0.1) is 0 Å². The molecule has 102 valence electrons. The fourth-order valence-corrected chi connectivity index (χ4v) is 1.50. The Hall–Kier alpha value is -1.40. The average Bonchev–Trinajstić information content (AvgIpc) is 2.77. The molecule has 1 heterocycles. The summed E-state index contributed by atoms with van der Waals surface area (Å²) in [7, 11) is 0. The van der Waals surface area contributed by atoms with Gasteiger partial charge in [-0.1, -0.05) is 0 Å². The van der Waals surface area contributed by atoms with Gasteiger partial charge < -0.3 is 15.7 Å². The molecule has 0 aliphatic rings. The van der Waals surface area contributed by atoms with Crippen molar-refractivity contribution in [3.63, 3.8) is 0 Å². The third-order valence-electron chi connectivity index (χ3n) is 2.44. The van der Waals surface area contributed by atoms with Crippen molar-refractivity contribution in [2.75, 3.05) is 6.54 Å². The summed E-state index contributed by atoms with van der Waals surface area (Å²) in [6.45, 7) is 6.37. The summed E-state index contributed by atoms with van der Waals surface area (Å²) in [6.07, 6.45) is 2.89. The highest BCUT2D eigenvalue weighted by atomic mass is 16.3. The molecular weight excluding hydrogens is 232 g/mol. The van der Waals surface area contributed by atoms with Gasteiger partial charge in [-0.25, -0.2) is 0 Å². The molecule has 1 aromatic rings. The summed E-state index contributed by atoms with van der Waals surface area (Å²) in [4.78, 5) is 11.6. The van der Waals surface area contributed by atoms with Gasteiger partial charge >= 0.3 is 0 Å². The van der Waals surface area contributed by atoms with Crippen LogP contribution >= 0.6 is 0 Å². The Labute approximate surface area is 107 Å². The second-order valence-corrected chi connectivity index (χ2v) is 4.68. The number of aliphatic hydroxyl groups excluding tert-OH is 1. The van der Waals surface area contributed by atoms with E-state index in [4.69, 9.17) is 0 Å². The molecule has 0 fully saturated rings. The van der Waals surface area contributed by atoms with Crippen molar-refractivity contribution in [2.24, 2.45) is 0 Å². The summed E-state index contributed by atoms with van der Waals surface area (Å²) in [6, 6.07) is 1.61. The van der Waals surface area contributed by atoms with Crippen LogP contribution in [0.15, 0.2) is 18.5 Å². The molecule has 0 radical (unpaired) electrons. The number of rotatable bonds is 7. The molecule has 1 rings (SSSR count). The fraction of sp³-hybridized carbons (Fsp3) is 0.667. The molecule has 18 heavy (non-hydrogen) atoms. The molecule has 1 amide bonds. The standard InChI is InChI=1S/C12H22N4O2/c1-9(2)15-12(18)10(3)13-7-11(17)8-16-6-4-5-14-16/h4-6,9-11,13,17H,7-8H2,1-3H3,(H,15,18). The highest BCUT2D eigenvalue weighted by Crippen LogP contribution is 1.92. The van der Waals surface area contributed by atoms with Crippen LogP contribution in [0.25, 0.3) is 0 Å². The predicted molar refractivity (Wildman–Crippen MR) is 69.0 cm³/mol. The monoisotopic (exact) mass is 254 g/mol. The Morgan fingerprint density at radius 2 is 2.17 bits per heavy atom. The lowest BCUT2D eigenvalue weighted by Gasteiger charge is -2.18. The van der Waals surface area contributed by atoms with Gasteiger partial charge in [0, 0.05) is 25.0 Å². The summed E-state index contributed by atoms with van der Waals surface area (Å²) >= 11 is 0. The maximum Gasteiger partial charge on any atom is 0.237 e. The van der Waals surface area contributed by atoms with E-state index in [1.807, 2.05) is 13.8 Å². The van der Waals surface area contributed by atoms with Crippen molar-refractivity contribution in [2.45, 2.75) is 45.5 Å². The third kappa shape index (κ3) is 5.29. The number of aliphatic hydroxyl groups is 1. The highest BCUT2D eigenvalue weighted by Gasteiger charge is 2.14. The molecule has 0 bridgehead atoms. The molecule has 0 aliphatic carbocycles. The number of amides is 1. The maximum atomic E-state index is 11.6. The van der Waals surface area contributed by atoms with E-state index < -0.39 is 6.10 Å². The third-order valence-corrected chi connectivity index (χ3v) is 2.44. The van der Waals surface area contributed by atoms with Gasteiger partial charge in [-0.2, -0.15) is 5.10 Å². The van der Waals surface area contributed by atoms with Crippen LogP contribution in [0.2, 0.25) is 0 Å². The minimum atomic E-state index is -0.570. The van der Waals surface area contributed by atoms with E-state index in [0.717, 1.165) is 0 Å². The van der Waals surface area contributed by atoms with Crippen molar-refractivity contribution in [1.82, 2.24) is 20.4 Å². The van der Waals surface area contributed by atoms with Crippen LogP contribution in [0.4, 0.5) is 0 Å². The Kier molecular flexibility index (Phi) is 5.80. The Bertz CT molecular complexity index is 351. The number of aromatic nitrogens is 2. The van der Waals surface area contributed by atoms with Crippen LogP contribution in [0, 0.1) is 0 Å². The zero-order valence-electron chi connectivity index (χ0n) is 11.1. The van der Waals surface area contributed by atoms with Crippen LogP contribution in [-0.4, -0.2) is 45.5 Å². The van der Waals surface area contributed by atoms with Crippen LogP contribution in [0.3, 0.4) is 0 Å². The molecular formula is C12H22N4O2. The van der Waals surface area contributed by atoms with E-state index in [-0.39, 0.29) is 18.0 Å². The van der Waals surface area contributed by atoms with E-state index in [1.165, 1.54) is 0 Å². The smallest absolute Gasteiger partial charge is 0.237 e. The summed E-state index contributed by atoms with van der Waals surface area (Å²) < 4.78 is 1.66. The quantitative estimate of drug-likeness (QED) is 0.627. The molecule has 0 saturated carbocycles. The number of hydrogen-bond acceptors (Lipinski definition) is 4. The van der Waals surface area contributed by atoms with Crippen molar-refractivity contribution >= 4 is 5.91 Å². The van der Waals surface area contributed by atoms with Gasteiger partial charge in [0.1, 0.15) is 0 Å². The molecule has 2 atom stereocenters. The maximum absolute atomic E-state index is 11.6. The first-order valence-electron chi connectivity index (χ1n) is 6.18. The first-order chi connectivity index (χ1) is 8.49. The van der Waals surface area contributed by atoms with Gasteiger partial charge in [0.05, 0.1) is 18.7 Å². The van der Waals surface area contributed by atoms with Crippen molar-refractivity contribution in [1.29, 1.82) is 0 Å². The number of hydrogen-bond donors (Lipinski definition) is 3. The Balaban J connectivity index is 2.25. The summed E-state index contributed by atoms with van der Waals surface area (Å²) in [5.41, 5.74) is 0. The number of nitrogens with one attached hydrogen (secondary N) is 2. The minimum absolute atomic E-state index is 0.0590. The van der Waals surface area contributed by atoms with Crippen molar-refractivity contribution in [3.8, 4) is 0 Å². The zero-order chi connectivity index (χ0) is 13.5. The van der Waals surface area contributed by atoms with Crippen LogP contribution < -0.4 is 10.6 Å². The molecule has 1 aromatic heterocycles. The van der Waals surface area contributed by atoms with Gasteiger partial charge in [-0.05, 0) is 26.8 Å². The molecule has 0 spiro atoms. The van der Waals surface area contributed by atoms with Crippen molar-refractivity contribution < 1.29 is 9.90 Å². The molecule has 0 saturated heterocycles. The zero-order valence-corrected chi connectivity index (χ0v) is 11.1. The molecule has 3 N–H and O–H groups in total. The lowest BCUT2D eigenvalue weighted by atomic mass is 10.2. The fourth-order valence-electron chi connectivity index (χ4n) is 1.50. The van der Waals surface area contributed by atoms with Gasteiger partial charge in [0.25, 0.3) is 0 Å². The first kappa shape index (κ1) is 14.7. The molecule has 2 unspecified atom stereocenters. The van der Waals surface area contributed by atoms with E-state index >= 15 is 0 Å². The number of nitrogens with zero attached hydrogens (tertiary/aromatic N) is 2. The van der Waals surface area contributed by atoms with E-state index in [0.29, 0.717) is 13.1 Å². The van der Waals surface area contributed by atoms with Crippen LogP contribution in [-0.2, 0) is 11.3 Å². The summed E-state index contributed by atoms with van der Waals surface area (Å²) in [5.74, 6) is -0.0590. The minimum Gasteiger partial charge on any atom is -0.390 e. The molecule has 0 aromatic carbocycles. The van der Waals surface area contributed by atoms with Gasteiger partial charge in [0.2, 0.25) is 5.91 Å². The Morgan fingerprint density at radius 3 is 2.72 bits per heavy atom. The lowest BCUT2D eigenvalue weighted by molar-refractivity contribution is -0.123. The predicted octanol–water partition coefficient (Wildman–Crippen LogP) is -0.253. The largest absolute Gasteiger partial charge is 0.390 e. The second-order valence-electron chi connectivity index (χ2n) is 4.68. The first-order valence-corrected chi connectivity index (χ1v) is 6.18. The number of carbonyl (C=O) groups excluding carboxylic acids is 1. The normalized spacial score (nSPS) is 14.5. The Morgan fingerprint density at radius 1 is 1.44 bits per heavy atom. The highest BCUT2D eigenvalue weighted by molar-refractivity contribution is 5.81. The van der Waals surface area contributed by atoms with Crippen LogP contribution in [0.1, 0.15) is 20.8 Å². The van der Waals surface area contributed by atoms with E-state index in [2.05, 4.69) is 15.7 Å². The van der Waals surface area contributed by atoms with Gasteiger partial charge in [0.15, 0.2) is 0 Å². The lowest BCUT2D eigenvalue weighted by Crippen LogP contribution is -2.47. The molecule has 0 aliphatic heterocycles.